The lowest BCUT2D eigenvalue weighted by molar-refractivity contribution is -0.117. The van der Waals surface area contributed by atoms with E-state index in [0.717, 1.165) is 11.1 Å². The second-order valence-corrected chi connectivity index (χ2v) is 6.74. The van der Waals surface area contributed by atoms with E-state index in [1.807, 2.05) is 32.9 Å². The van der Waals surface area contributed by atoms with E-state index >= 15 is 0 Å². The van der Waals surface area contributed by atoms with Crippen molar-refractivity contribution in [1.82, 2.24) is 5.32 Å². The van der Waals surface area contributed by atoms with E-state index < -0.39 is 5.54 Å². The average Bonchev–Trinajstić information content (AvgIpc) is 2.62. The first-order valence-electron chi connectivity index (χ1n) is 7.49. The van der Waals surface area contributed by atoms with Gasteiger partial charge in [-0.05, 0) is 38.0 Å². The summed E-state index contributed by atoms with van der Waals surface area (Å²) in [5.41, 5.74) is 2.12. The molecule has 1 amide bonds. The molecule has 1 aromatic carbocycles. The largest absolute Gasteiger partial charge is 0.509 e. The van der Waals surface area contributed by atoms with Crippen molar-refractivity contribution >= 4 is 23.1 Å². The number of hydrogen-bond acceptors (Lipinski definition) is 3. The lowest BCUT2D eigenvalue weighted by Gasteiger charge is -2.36. The second kappa shape index (κ2) is 5.28. The number of hydrogen-bond donors (Lipinski definition) is 2. The third-order valence-electron chi connectivity index (χ3n) is 4.52. The van der Waals surface area contributed by atoms with Gasteiger partial charge >= 0.3 is 0 Å². The quantitative estimate of drug-likeness (QED) is 0.834. The van der Waals surface area contributed by atoms with Crippen LogP contribution in [0.25, 0.3) is 5.57 Å². The maximum Gasteiger partial charge on any atom is 0.256 e. The molecule has 0 radical (unpaired) electrons. The van der Waals surface area contributed by atoms with E-state index in [-0.39, 0.29) is 17.8 Å². The monoisotopic (exact) mass is 321 g/mol. The normalized spacial score (nSPS) is 28.4. The maximum absolute atomic E-state index is 12.5. The fourth-order valence-electron chi connectivity index (χ4n) is 3.56. The number of carbonyl (C=O) groups excluding carboxylic acids is 1. The van der Waals surface area contributed by atoms with E-state index in [1.54, 1.807) is 0 Å². The zero-order valence-corrected chi connectivity index (χ0v) is 13.8. The number of halogens is 1. The highest BCUT2D eigenvalue weighted by atomic mass is 35.5. The van der Waals surface area contributed by atoms with Crippen LogP contribution in [0.2, 0.25) is 5.02 Å². The SMILES string of the molecule is Cc1cc(C)c(C2=C(O)C3(CCOC(C)C3)NC2=O)c(Cl)c1. The first-order valence-corrected chi connectivity index (χ1v) is 7.87. The van der Waals surface area contributed by atoms with Gasteiger partial charge in [-0.3, -0.25) is 4.79 Å². The summed E-state index contributed by atoms with van der Waals surface area (Å²) in [5, 5.41) is 14.3. The molecule has 2 atom stereocenters. The molecule has 0 aliphatic carbocycles. The fourth-order valence-corrected chi connectivity index (χ4v) is 3.98. The Bertz CT molecular complexity index is 659. The molecule has 118 valence electrons. The Morgan fingerprint density at radius 1 is 1.41 bits per heavy atom. The minimum absolute atomic E-state index is 0.00913. The van der Waals surface area contributed by atoms with Gasteiger partial charge in [0.1, 0.15) is 11.3 Å². The Morgan fingerprint density at radius 3 is 2.77 bits per heavy atom. The number of aliphatic hydroxyl groups is 1. The highest BCUT2D eigenvalue weighted by Crippen LogP contribution is 2.42. The lowest BCUT2D eigenvalue weighted by atomic mass is 9.85. The summed E-state index contributed by atoms with van der Waals surface area (Å²) < 4.78 is 5.54. The summed E-state index contributed by atoms with van der Waals surface area (Å²) in [5.74, 6) is -0.165. The molecule has 2 heterocycles. The second-order valence-electron chi connectivity index (χ2n) is 6.33. The van der Waals surface area contributed by atoms with E-state index in [4.69, 9.17) is 16.3 Å². The van der Waals surface area contributed by atoms with Gasteiger partial charge in [-0.25, -0.2) is 0 Å². The Balaban J connectivity index is 2.14. The van der Waals surface area contributed by atoms with Crippen LogP contribution in [0.1, 0.15) is 36.5 Å². The number of rotatable bonds is 1. The zero-order valence-electron chi connectivity index (χ0n) is 13.0. The van der Waals surface area contributed by atoms with Gasteiger partial charge in [0.25, 0.3) is 5.91 Å². The summed E-state index contributed by atoms with van der Waals surface area (Å²) in [6, 6.07) is 3.78. The maximum atomic E-state index is 12.5. The van der Waals surface area contributed by atoms with E-state index in [9.17, 15) is 9.90 Å². The van der Waals surface area contributed by atoms with E-state index in [1.165, 1.54) is 0 Å². The predicted molar refractivity (Wildman–Crippen MR) is 86.0 cm³/mol. The first kappa shape index (κ1) is 15.4. The van der Waals surface area contributed by atoms with Crippen molar-refractivity contribution in [2.45, 2.75) is 45.3 Å². The molecule has 3 rings (SSSR count). The van der Waals surface area contributed by atoms with Gasteiger partial charge in [0, 0.05) is 30.0 Å². The van der Waals surface area contributed by atoms with Crippen molar-refractivity contribution < 1.29 is 14.6 Å². The Morgan fingerprint density at radius 2 is 2.14 bits per heavy atom. The smallest absolute Gasteiger partial charge is 0.256 e. The Hall–Kier alpha value is -1.52. The molecule has 5 heteroatoms. The van der Waals surface area contributed by atoms with Crippen molar-refractivity contribution in [3.63, 3.8) is 0 Å². The third-order valence-corrected chi connectivity index (χ3v) is 4.82. The van der Waals surface area contributed by atoms with Crippen LogP contribution in [0, 0.1) is 13.8 Å². The van der Waals surface area contributed by atoms with Gasteiger partial charge in [-0.2, -0.15) is 0 Å². The van der Waals surface area contributed by atoms with Crippen LogP contribution in [-0.2, 0) is 9.53 Å². The molecule has 22 heavy (non-hydrogen) atoms. The summed E-state index contributed by atoms with van der Waals surface area (Å²) in [4.78, 5) is 12.5. The molecule has 2 aliphatic heterocycles. The fraction of sp³-hybridized carbons (Fsp3) is 0.471. The highest BCUT2D eigenvalue weighted by molar-refractivity contribution is 6.36. The van der Waals surface area contributed by atoms with Crippen molar-refractivity contribution in [2.75, 3.05) is 6.61 Å². The predicted octanol–water partition coefficient (Wildman–Crippen LogP) is 3.29. The van der Waals surface area contributed by atoms with Crippen LogP contribution in [0.4, 0.5) is 0 Å². The average molecular weight is 322 g/mol. The molecule has 2 unspecified atom stereocenters. The van der Waals surface area contributed by atoms with Gasteiger partial charge in [0.2, 0.25) is 0 Å². The minimum Gasteiger partial charge on any atom is -0.509 e. The van der Waals surface area contributed by atoms with Crippen LogP contribution in [0.3, 0.4) is 0 Å². The van der Waals surface area contributed by atoms with Gasteiger partial charge in [0.05, 0.1) is 11.7 Å². The van der Waals surface area contributed by atoms with Crippen LogP contribution < -0.4 is 5.32 Å². The summed E-state index contributed by atoms with van der Waals surface area (Å²) in [6.45, 7) is 6.31. The number of benzene rings is 1. The number of nitrogens with one attached hydrogen (secondary N) is 1. The number of ether oxygens (including phenoxy) is 1. The highest BCUT2D eigenvalue weighted by Gasteiger charge is 2.48. The Labute approximate surface area is 135 Å². The third kappa shape index (κ3) is 2.31. The molecule has 1 fully saturated rings. The molecule has 2 aliphatic rings. The molecule has 0 aromatic heterocycles. The number of amides is 1. The molecule has 0 saturated carbocycles. The van der Waals surface area contributed by atoms with E-state index in [2.05, 4.69) is 5.32 Å². The molecular formula is C17H20ClNO3. The first-order chi connectivity index (χ1) is 10.3. The van der Waals surface area contributed by atoms with Gasteiger partial charge < -0.3 is 15.2 Å². The topological polar surface area (TPSA) is 58.6 Å². The van der Waals surface area contributed by atoms with Crippen molar-refractivity contribution in [3.8, 4) is 0 Å². The molecule has 0 bridgehead atoms. The molecule has 2 N–H and O–H groups in total. The molecule has 1 saturated heterocycles. The van der Waals surface area contributed by atoms with Crippen molar-refractivity contribution in [1.29, 1.82) is 0 Å². The van der Waals surface area contributed by atoms with Crippen LogP contribution in [0.5, 0.6) is 0 Å². The number of aryl methyl sites for hydroxylation is 2. The molecule has 1 aromatic rings. The van der Waals surface area contributed by atoms with Crippen molar-refractivity contribution in [3.05, 3.63) is 39.6 Å². The van der Waals surface area contributed by atoms with Crippen LogP contribution >= 0.6 is 11.6 Å². The van der Waals surface area contributed by atoms with Crippen LogP contribution in [-0.4, -0.2) is 29.3 Å². The van der Waals surface area contributed by atoms with Gasteiger partial charge in [-0.1, -0.05) is 17.7 Å². The summed E-state index contributed by atoms with van der Waals surface area (Å²) in [6.07, 6.45) is 1.13. The molecule has 1 spiro atoms. The van der Waals surface area contributed by atoms with Gasteiger partial charge in [-0.15, -0.1) is 0 Å². The van der Waals surface area contributed by atoms with Crippen LogP contribution in [0.15, 0.2) is 17.9 Å². The number of carbonyl (C=O) groups is 1. The molecular weight excluding hydrogens is 302 g/mol. The van der Waals surface area contributed by atoms with Crippen molar-refractivity contribution in [2.24, 2.45) is 0 Å². The summed E-state index contributed by atoms with van der Waals surface area (Å²) >= 11 is 6.35. The number of aliphatic hydroxyl groups excluding tert-OH is 1. The standard InChI is InChI=1S/C17H20ClNO3/c1-9-6-10(2)13(12(18)7-9)14-15(20)17(19-16(14)21)4-5-22-11(3)8-17/h6-7,11,20H,4-5,8H2,1-3H3,(H,19,21). The molecule has 4 nitrogen and oxygen atoms in total. The Kier molecular flexibility index (Phi) is 3.69. The zero-order chi connectivity index (χ0) is 16.1. The lowest BCUT2D eigenvalue weighted by Crippen LogP contribution is -2.50. The minimum atomic E-state index is -0.718. The van der Waals surface area contributed by atoms with E-state index in [0.29, 0.717) is 35.6 Å². The summed E-state index contributed by atoms with van der Waals surface area (Å²) in [7, 11) is 0. The van der Waals surface area contributed by atoms with Gasteiger partial charge in [0.15, 0.2) is 0 Å².